The maximum absolute atomic E-state index is 14.0. The first-order valence-corrected chi connectivity index (χ1v) is 8.32. The van der Waals surface area contributed by atoms with Gasteiger partial charge in [0.25, 0.3) is 5.91 Å². The first kappa shape index (κ1) is 18.4. The molecular formula is C21H18FNO4. The third kappa shape index (κ3) is 4.23. The summed E-state index contributed by atoms with van der Waals surface area (Å²) in [6, 6.07) is 17.0. The van der Waals surface area contributed by atoms with Crippen molar-refractivity contribution in [3.05, 3.63) is 72.0 Å². The number of anilines is 1. The van der Waals surface area contributed by atoms with Crippen molar-refractivity contribution in [1.82, 2.24) is 0 Å². The van der Waals surface area contributed by atoms with Gasteiger partial charge in [-0.25, -0.2) is 9.18 Å². The minimum atomic E-state index is -1.09. The Bertz CT molecular complexity index is 1000. The van der Waals surface area contributed by atoms with Crippen LogP contribution in [0.15, 0.2) is 60.7 Å². The number of carbonyl (C=O) groups is 2. The van der Waals surface area contributed by atoms with Gasteiger partial charge in [0.15, 0.2) is 6.10 Å². The van der Waals surface area contributed by atoms with Gasteiger partial charge in [0.05, 0.1) is 12.7 Å². The average molecular weight is 367 g/mol. The Hall–Kier alpha value is -3.41. The zero-order valence-corrected chi connectivity index (χ0v) is 14.9. The Kier molecular flexibility index (Phi) is 5.35. The smallest absolute Gasteiger partial charge is 0.341 e. The number of hydrogen-bond acceptors (Lipinski definition) is 4. The Labute approximate surface area is 155 Å². The van der Waals surface area contributed by atoms with E-state index in [2.05, 4.69) is 5.32 Å². The molecule has 3 aromatic carbocycles. The lowest BCUT2D eigenvalue weighted by Gasteiger charge is -2.14. The number of methoxy groups -OCH3 is 1. The quantitative estimate of drug-likeness (QED) is 0.688. The molecule has 1 atom stereocenters. The summed E-state index contributed by atoms with van der Waals surface area (Å²) in [5, 5.41) is 4.71. The van der Waals surface area contributed by atoms with Crippen LogP contribution in [0.4, 0.5) is 10.1 Å². The lowest BCUT2D eigenvalue weighted by atomic mass is 10.1. The lowest BCUT2D eigenvalue weighted by molar-refractivity contribution is -0.123. The van der Waals surface area contributed by atoms with Crippen LogP contribution in [0.2, 0.25) is 0 Å². The summed E-state index contributed by atoms with van der Waals surface area (Å²) in [7, 11) is 1.39. The summed E-state index contributed by atoms with van der Waals surface area (Å²) in [5.41, 5.74) is 0.318. The van der Waals surface area contributed by atoms with E-state index in [1.54, 1.807) is 6.07 Å². The number of carbonyl (C=O) groups excluding carboxylic acids is 2. The van der Waals surface area contributed by atoms with Crippen molar-refractivity contribution >= 4 is 28.3 Å². The Morgan fingerprint density at radius 2 is 1.74 bits per heavy atom. The molecule has 6 heteroatoms. The predicted octanol–water partition coefficient (Wildman–Crippen LogP) is 4.17. The van der Waals surface area contributed by atoms with Gasteiger partial charge < -0.3 is 14.8 Å². The fourth-order valence-electron chi connectivity index (χ4n) is 2.58. The number of ether oxygens (including phenoxy) is 2. The number of fused-ring (bicyclic) bond motifs is 1. The van der Waals surface area contributed by atoms with Crippen molar-refractivity contribution in [2.24, 2.45) is 0 Å². The van der Waals surface area contributed by atoms with E-state index in [-0.39, 0.29) is 11.3 Å². The Morgan fingerprint density at radius 1 is 1.00 bits per heavy atom. The fourth-order valence-corrected chi connectivity index (χ4v) is 2.58. The topological polar surface area (TPSA) is 64.6 Å². The molecule has 0 saturated carbocycles. The molecule has 0 unspecified atom stereocenters. The molecule has 1 N–H and O–H groups in total. The molecule has 0 saturated heterocycles. The van der Waals surface area contributed by atoms with Crippen LogP contribution in [0, 0.1) is 5.82 Å². The number of esters is 1. The van der Waals surface area contributed by atoms with E-state index in [1.165, 1.54) is 26.2 Å². The Balaban J connectivity index is 1.66. The zero-order valence-electron chi connectivity index (χ0n) is 14.9. The second-order valence-electron chi connectivity index (χ2n) is 5.94. The van der Waals surface area contributed by atoms with Gasteiger partial charge in [0.1, 0.15) is 11.6 Å². The van der Waals surface area contributed by atoms with E-state index in [0.717, 1.165) is 16.8 Å². The van der Waals surface area contributed by atoms with Crippen LogP contribution in [-0.4, -0.2) is 25.1 Å². The van der Waals surface area contributed by atoms with Gasteiger partial charge in [-0.15, -0.1) is 0 Å². The number of halogens is 1. The van der Waals surface area contributed by atoms with E-state index < -0.39 is 23.8 Å². The first-order chi connectivity index (χ1) is 13.0. The molecule has 1 amide bonds. The van der Waals surface area contributed by atoms with Crippen molar-refractivity contribution in [3.63, 3.8) is 0 Å². The Morgan fingerprint density at radius 3 is 2.44 bits per heavy atom. The fraction of sp³-hybridized carbons (Fsp3) is 0.143. The molecule has 5 nitrogen and oxygen atoms in total. The standard InChI is InChI=1S/C21H18FNO4/c1-13(27-21(25)18-10-9-17(26-2)12-19(18)22)20(24)23-16-8-7-14-5-3-4-6-15(14)11-16/h3-13H,1-2H3,(H,23,24)/t13-/m0/s1. The SMILES string of the molecule is COc1ccc(C(=O)O[C@@H](C)C(=O)Nc2ccc3ccccc3c2)c(F)c1. The molecule has 0 heterocycles. The van der Waals surface area contributed by atoms with Gasteiger partial charge in [-0.3, -0.25) is 4.79 Å². The van der Waals surface area contributed by atoms with Gasteiger partial charge in [-0.05, 0) is 42.0 Å². The largest absolute Gasteiger partial charge is 0.497 e. The molecule has 138 valence electrons. The monoisotopic (exact) mass is 367 g/mol. The molecule has 0 spiro atoms. The molecule has 0 aromatic heterocycles. The van der Waals surface area contributed by atoms with Crippen LogP contribution in [0.5, 0.6) is 5.75 Å². The van der Waals surface area contributed by atoms with E-state index in [1.807, 2.05) is 36.4 Å². The van der Waals surface area contributed by atoms with Crippen LogP contribution in [0.1, 0.15) is 17.3 Å². The highest BCUT2D eigenvalue weighted by Crippen LogP contribution is 2.20. The molecular weight excluding hydrogens is 349 g/mol. The summed E-state index contributed by atoms with van der Waals surface area (Å²) in [6.07, 6.45) is -1.09. The molecule has 0 aliphatic rings. The van der Waals surface area contributed by atoms with Crippen molar-refractivity contribution < 1.29 is 23.5 Å². The van der Waals surface area contributed by atoms with Gasteiger partial charge in [-0.1, -0.05) is 30.3 Å². The molecule has 0 fully saturated rings. The summed E-state index contributed by atoms with van der Waals surface area (Å²) in [4.78, 5) is 24.4. The summed E-state index contributed by atoms with van der Waals surface area (Å²) < 4.78 is 23.9. The van der Waals surface area contributed by atoms with E-state index in [0.29, 0.717) is 5.69 Å². The highest BCUT2D eigenvalue weighted by atomic mass is 19.1. The normalized spacial score (nSPS) is 11.7. The third-order valence-electron chi connectivity index (χ3n) is 4.07. The second-order valence-corrected chi connectivity index (χ2v) is 5.94. The first-order valence-electron chi connectivity index (χ1n) is 8.32. The molecule has 0 aliphatic carbocycles. The van der Waals surface area contributed by atoms with Crippen LogP contribution < -0.4 is 10.1 Å². The minimum Gasteiger partial charge on any atom is -0.497 e. The number of amides is 1. The van der Waals surface area contributed by atoms with Crippen LogP contribution >= 0.6 is 0 Å². The van der Waals surface area contributed by atoms with Gasteiger partial charge in [-0.2, -0.15) is 0 Å². The van der Waals surface area contributed by atoms with Crippen LogP contribution in [0.25, 0.3) is 10.8 Å². The maximum atomic E-state index is 14.0. The second kappa shape index (κ2) is 7.86. The van der Waals surface area contributed by atoms with E-state index in [9.17, 15) is 14.0 Å². The summed E-state index contributed by atoms with van der Waals surface area (Å²) in [6.45, 7) is 1.43. The van der Waals surface area contributed by atoms with Gasteiger partial charge in [0.2, 0.25) is 0 Å². The van der Waals surface area contributed by atoms with Gasteiger partial charge in [0, 0.05) is 11.8 Å². The molecule has 27 heavy (non-hydrogen) atoms. The average Bonchev–Trinajstić information content (AvgIpc) is 2.67. The molecule has 0 radical (unpaired) electrons. The number of nitrogens with one attached hydrogen (secondary N) is 1. The molecule has 0 aliphatic heterocycles. The van der Waals surface area contributed by atoms with Crippen LogP contribution in [0.3, 0.4) is 0 Å². The van der Waals surface area contributed by atoms with Gasteiger partial charge >= 0.3 is 5.97 Å². The third-order valence-corrected chi connectivity index (χ3v) is 4.07. The number of rotatable bonds is 5. The summed E-state index contributed by atoms with van der Waals surface area (Å²) >= 11 is 0. The minimum absolute atomic E-state index is 0.263. The maximum Gasteiger partial charge on any atom is 0.341 e. The summed E-state index contributed by atoms with van der Waals surface area (Å²) in [5.74, 6) is -1.92. The van der Waals surface area contributed by atoms with Crippen molar-refractivity contribution in [3.8, 4) is 5.75 Å². The van der Waals surface area contributed by atoms with Crippen molar-refractivity contribution in [2.45, 2.75) is 13.0 Å². The molecule has 3 rings (SSSR count). The van der Waals surface area contributed by atoms with E-state index in [4.69, 9.17) is 9.47 Å². The van der Waals surface area contributed by atoms with Crippen molar-refractivity contribution in [2.75, 3.05) is 12.4 Å². The highest BCUT2D eigenvalue weighted by molar-refractivity contribution is 5.99. The molecule has 3 aromatic rings. The highest BCUT2D eigenvalue weighted by Gasteiger charge is 2.21. The molecule has 0 bridgehead atoms. The number of benzene rings is 3. The number of hydrogen-bond donors (Lipinski definition) is 1. The van der Waals surface area contributed by atoms with Crippen LogP contribution in [-0.2, 0) is 9.53 Å². The van der Waals surface area contributed by atoms with E-state index >= 15 is 0 Å². The van der Waals surface area contributed by atoms with Crippen molar-refractivity contribution in [1.29, 1.82) is 0 Å². The predicted molar refractivity (Wildman–Crippen MR) is 100 cm³/mol. The lowest BCUT2D eigenvalue weighted by Crippen LogP contribution is -2.30. The zero-order chi connectivity index (χ0) is 19.4.